The molecule has 0 aromatic carbocycles. The van der Waals surface area contributed by atoms with Crippen LogP contribution in [0.5, 0.6) is 0 Å². The van der Waals surface area contributed by atoms with Gasteiger partial charge in [-0.05, 0) is 12.8 Å². The first-order valence-electron chi connectivity index (χ1n) is 6.52. The van der Waals surface area contributed by atoms with Gasteiger partial charge in [0.1, 0.15) is 11.6 Å². The van der Waals surface area contributed by atoms with Crippen molar-refractivity contribution in [2.75, 3.05) is 6.54 Å². The molecule has 0 saturated heterocycles. The molecule has 0 spiro atoms. The summed E-state index contributed by atoms with van der Waals surface area (Å²) in [6, 6.07) is 0. The molecule has 3 heterocycles. The second-order valence-corrected chi connectivity index (χ2v) is 4.90. The molecule has 0 fully saturated rings. The summed E-state index contributed by atoms with van der Waals surface area (Å²) in [5.41, 5.74) is 0. The summed E-state index contributed by atoms with van der Waals surface area (Å²) in [7, 11) is 2.03. The van der Waals surface area contributed by atoms with Gasteiger partial charge in [0.2, 0.25) is 0 Å². The van der Waals surface area contributed by atoms with Gasteiger partial charge in [0.25, 0.3) is 0 Å². The molecule has 1 aliphatic rings. The minimum Gasteiger partial charge on any atom is -0.337 e. The number of rotatable bonds is 4. The predicted molar refractivity (Wildman–Crippen MR) is 69.1 cm³/mol. The zero-order valence-electron chi connectivity index (χ0n) is 10.7. The number of nitrogens with one attached hydrogen (secondary N) is 1. The minimum atomic E-state index is 0.536. The Hall–Kier alpha value is -1.62. The van der Waals surface area contributed by atoms with Crippen LogP contribution in [0.25, 0.3) is 0 Å². The molecule has 5 nitrogen and oxygen atoms in total. The fraction of sp³-hybridized carbons (Fsp3) is 0.538. The Bertz CT molecular complexity index is 513. The average molecular weight is 245 g/mol. The van der Waals surface area contributed by atoms with Crippen LogP contribution in [0, 0.1) is 0 Å². The summed E-state index contributed by atoms with van der Waals surface area (Å²) >= 11 is 0. The van der Waals surface area contributed by atoms with Crippen molar-refractivity contribution in [2.24, 2.45) is 7.05 Å². The van der Waals surface area contributed by atoms with E-state index < -0.39 is 0 Å². The Morgan fingerprint density at radius 1 is 1.33 bits per heavy atom. The SMILES string of the molecule is Cn1ccnc1CNCC1CCCn2ccnc21. The number of aromatic nitrogens is 4. The number of hydrogen-bond acceptors (Lipinski definition) is 3. The Morgan fingerprint density at radius 3 is 3.06 bits per heavy atom. The second kappa shape index (κ2) is 4.94. The number of nitrogens with zero attached hydrogens (tertiary/aromatic N) is 4. The van der Waals surface area contributed by atoms with E-state index in [2.05, 4.69) is 30.6 Å². The van der Waals surface area contributed by atoms with E-state index in [0.29, 0.717) is 5.92 Å². The maximum absolute atomic E-state index is 4.47. The van der Waals surface area contributed by atoms with Crippen molar-refractivity contribution >= 4 is 0 Å². The fourth-order valence-electron chi connectivity index (χ4n) is 2.63. The number of imidazole rings is 2. The molecule has 2 aromatic heterocycles. The molecule has 2 aromatic rings. The molecule has 0 amide bonds. The van der Waals surface area contributed by atoms with Crippen LogP contribution in [-0.4, -0.2) is 25.6 Å². The highest BCUT2D eigenvalue weighted by Crippen LogP contribution is 2.24. The summed E-state index contributed by atoms with van der Waals surface area (Å²) in [6.07, 6.45) is 10.3. The van der Waals surface area contributed by atoms with Crippen molar-refractivity contribution in [3.8, 4) is 0 Å². The van der Waals surface area contributed by atoms with E-state index in [1.54, 1.807) is 0 Å². The smallest absolute Gasteiger partial charge is 0.122 e. The minimum absolute atomic E-state index is 0.536. The number of hydrogen-bond donors (Lipinski definition) is 1. The molecule has 0 aliphatic carbocycles. The van der Waals surface area contributed by atoms with Crippen molar-refractivity contribution in [3.63, 3.8) is 0 Å². The van der Waals surface area contributed by atoms with Gasteiger partial charge in [0.05, 0.1) is 6.54 Å². The summed E-state index contributed by atoms with van der Waals surface area (Å²) in [4.78, 5) is 8.79. The van der Waals surface area contributed by atoms with E-state index in [1.165, 1.54) is 18.7 Å². The van der Waals surface area contributed by atoms with Gasteiger partial charge >= 0.3 is 0 Å². The quantitative estimate of drug-likeness (QED) is 0.883. The molecule has 0 radical (unpaired) electrons. The monoisotopic (exact) mass is 245 g/mol. The van der Waals surface area contributed by atoms with Crippen LogP contribution < -0.4 is 5.32 Å². The molecular weight excluding hydrogens is 226 g/mol. The van der Waals surface area contributed by atoms with Crippen LogP contribution in [0.4, 0.5) is 0 Å². The van der Waals surface area contributed by atoms with Gasteiger partial charge in [0.15, 0.2) is 0 Å². The van der Waals surface area contributed by atoms with E-state index in [4.69, 9.17) is 0 Å². The highest BCUT2D eigenvalue weighted by Gasteiger charge is 2.20. The molecule has 1 unspecified atom stereocenters. The fourth-order valence-corrected chi connectivity index (χ4v) is 2.63. The highest BCUT2D eigenvalue weighted by molar-refractivity contribution is 5.04. The first-order chi connectivity index (χ1) is 8.84. The summed E-state index contributed by atoms with van der Waals surface area (Å²) in [5.74, 6) is 2.84. The molecule has 96 valence electrons. The van der Waals surface area contributed by atoms with Gasteiger partial charge in [-0.25, -0.2) is 9.97 Å². The average Bonchev–Trinajstić information content (AvgIpc) is 2.99. The van der Waals surface area contributed by atoms with Gasteiger partial charge in [-0.1, -0.05) is 0 Å². The Morgan fingerprint density at radius 2 is 2.22 bits per heavy atom. The van der Waals surface area contributed by atoms with E-state index in [-0.39, 0.29) is 0 Å². The summed E-state index contributed by atoms with van der Waals surface area (Å²) < 4.78 is 4.32. The first kappa shape index (κ1) is 11.5. The Balaban J connectivity index is 1.57. The first-order valence-corrected chi connectivity index (χ1v) is 6.52. The zero-order chi connectivity index (χ0) is 12.4. The number of fused-ring (bicyclic) bond motifs is 1. The third-order valence-corrected chi connectivity index (χ3v) is 3.66. The van der Waals surface area contributed by atoms with Gasteiger partial charge in [-0.2, -0.15) is 0 Å². The Kier molecular flexibility index (Phi) is 3.15. The van der Waals surface area contributed by atoms with E-state index in [1.807, 2.05) is 25.6 Å². The third kappa shape index (κ3) is 2.18. The van der Waals surface area contributed by atoms with Gasteiger partial charge in [0, 0.05) is 50.8 Å². The van der Waals surface area contributed by atoms with Gasteiger partial charge < -0.3 is 14.5 Å². The zero-order valence-corrected chi connectivity index (χ0v) is 10.7. The normalized spacial score (nSPS) is 18.8. The maximum Gasteiger partial charge on any atom is 0.122 e. The summed E-state index contributed by atoms with van der Waals surface area (Å²) in [5, 5.41) is 3.49. The molecule has 0 bridgehead atoms. The van der Waals surface area contributed by atoms with Crippen molar-refractivity contribution in [1.82, 2.24) is 24.4 Å². The molecule has 1 aliphatic heterocycles. The molecule has 5 heteroatoms. The predicted octanol–water partition coefficient (Wildman–Crippen LogP) is 1.28. The topological polar surface area (TPSA) is 47.7 Å². The Labute approximate surface area is 107 Å². The molecule has 3 rings (SSSR count). The van der Waals surface area contributed by atoms with Crippen molar-refractivity contribution in [3.05, 3.63) is 36.4 Å². The lowest BCUT2D eigenvalue weighted by molar-refractivity contribution is 0.420. The van der Waals surface area contributed by atoms with Crippen molar-refractivity contribution < 1.29 is 0 Å². The lowest BCUT2D eigenvalue weighted by Gasteiger charge is -2.23. The van der Waals surface area contributed by atoms with Crippen LogP contribution in [0.3, 0.4) is 0 Å². The standard InChI is InChI=1S/C13H19N5/c1-17-7-4-15-12(17)10-14-9-11-3-2-6-18-8-5-16-13(11)18/h4-5,7-8,11,14H,2-3,6,9-10H2,1H3. The van der Waals surface area contributed by atoms with Gasteiger partial charge in [-0.3, -0.25) is 0 Å². The van der Waals surface area contributed by atoms with Crippen LogP contribution in [-0.2, 0) is 20.1 Å². The van der Waals surface area contributed by atoms with Crippen LogP contribution in [0.2, 0.25) is 0 Å². The van der Waals surface area contributed by atoms with Crippen molar-refractivity contribution in [2.45, 2.75) is 31.8 Å². The third-order valence-electron chi connectivity index (χ3n) is 3.66. The summed E-state index contributed by atoms with van der Waals surface area (Å²) in [6.45, 7) is 2.91. The van der Waals surface area contributed by atoms with E-state index in [0.717, 1.165) is 25.5 Å². The van der Waals surface area contributed by atoms with Crippen LogP contribution in [0.1, 0.15) is 30.4 Å². The largest absolute Gasteiger partial charge is 0.337 e. The molecule has 1 N–H and O–H groups in total. The molecule has 0 saturated carbocycles. The van der Waals surface area contributed by atoms with E-state index in [9.17, 15) is 0 Å². The van der Waals surface area contributed by atoms with E-state index >= 15 is 0 Å². The van der Waals surface area contributed by atoms with Crippen LogP contribution in [0.15, 0.2) is 24.8 Å². The molecule has 18 heavy (non-hydrogen) atoms. The number of aryl methyl sites for hydroxylation is 2. The molecular formula is C13H19N5. The lowest BCUT2D eigenvalue weighted by atomic mass is 9.99. The van der Waals surface area contributed by atoms with Gasteiger partial charge in [-0.15, -0.1) is 0 Å². The van der Waals surface area contributed by atoms with Crippen molar-refractivity contribution in [1.29, 1.82) is 0 Å². The van der Waals surface area contributed by atoms with Crippen LogP contribution >= 0.6 is 0 Å². The lowest BCUT2D eigenvalue weighted by Crippen LogP contribution is -2.27. The highest BCUT2D eigenvalue weighted by atomic mass is 15.1. The maximum atomic E-state index is 4.47. The second-order valence-electron chi connectivity index (χ2n) is 4.90. The molecule has 1 atom stereocenters.